The van der Waals surface area contributed by atoms with Crippen LogP contribution >= 0.6 is 0 Å². The molecular formula is C13H26N2O. The van der Waals surface area contributed by atoms with E-state index in [2.05, 4.69) is 10.2 Å². The number of aliphatic hydroxyl groups is 1. The van der Waals surface area contributed by atoms with Crippen molar-refractivity contribution in [3.63, 3.8) is 0 Å². The van der Waals surface area contributed by atoms with Gasteiger partial charge in [0.1, 0.15) is 0 Å². The average molecular weight is 226 g/mol. The molecule has 3 heteroatoms. The summed E-state index contributed by atoms with van der Waals surface area (Å²) in [4.78, 5) is 2.41. The summed E-state index contributed by atoms with van der Waals surface area (Å²) in [5.74, 6) is 0.876. The zero-order valence-electron chi connectivity index (χ0n) is 10.7. The molecule has 1 unspecified atom stereocenters. The molecule has 0 aromatic carbocycles. The molecule has 1 atom stereocenters. The van der Waals surface area contributed by atoms with E-state index in [-0.39, 0.29) is 0 Å². The van der Waals surface area contributed by atoms with Crippen molar-refractivity contribution in [2.45, 2.75) is 51.2 Å². The van der Waals surface area contributed by atoms with Crippen molar-refractivity contribution >= 4 is 0 Å². The van der Waals surface area contributed by atoms with Crippen molar-refractivity contribution in [1.29, 1.82) is 0 Å². The van der Waals surface area contributed by atoms with Crippen LogP contribution < -0.4 is 5.32 Å². The van der Waals surface area contributed by atoms with Crippen LogP contribution in [0.3, 0.4) is 0 Å². The van der Waals surface area contributed by atoms with Gasteiger partial charge in [-0.3, -0.25) is 0 Å². The van der Waals surface area contributed by atoms with E-state index in [1.165, 1.54) is 32.2 Å². The van der Waals surface area contributed by atoms with Crippen LogP contribution in [0, 0.1) is 5.92 Å². The molecule has 94 valence electrons. The maximum atomic E-state index is 9.79. The van der Waals surface area contributed by atoms with Crippen molar-refractivity contribution in [2.24, 2.45) is 5.92 Å². The maximum absolute atomic E-state index is 9.79. The predicted octanol–water partition coefficient (Wildman–Crippen LogP) is 1.22. The Kier molecular flexibility index (Phi) is 3.88. The van der Waals surface area contributed by atoms with Gasteiger partial charge in [0.2, 0.25) is 0 Å². The summed E-state index contributed by atoms with van der Waals surface area (Å²) < 4.78 is 0. The standard InChI is InChI=1S/C13H26N2O/c1-13(2,16)10-15-8-5-11(6-9-15)12-4-3-7-14-12/h11-12,14,16H,3-10H2,1-2H3. The van der Waals surface area contributed by atoms with Gasteiger partial charge in [0.25, 0.3) is 0 Å². The minimum atomic E-state index is -0.543. The Labute approximate surface area is 99.2 Å². The fraction of sp³-hybridized carbons (Fsp3) is 1.00. The Morgan fingerprint density at radius 3 is 2.44 bits per heavy atom. The molecule has 2 fully saturated rings. The molecule has 2 N–H and O–H groups in total. The highest BCUT2D eigenvalue weighted by molar-refractivity contribution is 4.86. The van der Waals surface area contributed by atoms with Crippen LogP contribution in [-0.2, 0) is 0 Å². The first-order chi connectivity index (χ1) is 7.54. The lowest BCUT2D eigenvalue weighted by Gasteiger charge is -2.37. The van der Waals surface area contributed by atoms with Gasteiger partial charge in [0.15, 0.2) is 0 Å². The highest BCUT2D eigenvalue weighted by Crippen LogP contribution is 2.26. The maximum Gasteiger partial charge on any atom is 0.0718 e. The van der Waals surface area contributed by atoms with Crippen molar-refractivity contribution in [1.82, 2.24) is 10.2 Å². The minimum absolute atomic E-state index is 0.543. The molecule has 16 heavy (non-hydrogen) atoms. The monoisotopic (exact) mass is 226 g/mol. The molecule has 2 saturated heterocycles. The van der Waals surface area contributed by atoms with E-state index < -0.39 is 5.60 Å². The van der Waals surface area contributed by atoms with Gasteiger partial charge in [-0.25, -0.2) is 0 Å². The van der Waals surface area contributed by atoms with Gasteiger partial charge in [-0.05, 0) is 65.1 Å². The lowest BCUT2D eigenvalue weighted by Crippen LogP contribution is -2.45. The van der Waals surface area contributed by atoms with Gasteiger partial charge in [-0.1, -0.05) is 0 Å². The molecular weight excluding hydrogens is 200 g/mol. The van der Waals surface area contributed by atoms with Crippen molar-refractivity contribution in [3.8, 4) is 0 Å². The zero-order chi connectivity index (χ0) is 11.6. The third kappa shape index (κ3) is 3.44. The van der Waals surface area contributed by atoms with Gasteiger partial charge >= 0.3 is 0 Å². The van der Waals surface area contributed by atoms with E-state index in [1.807, 2.05) is 13.8 Å². The van der Waals surface area contributed by atoms with Crippen LogP contribution in [0.15, 0.2) is 0 Å². The number of nitrogens with zero attached hydrogens (tertiary/aromatic N) is 1. The number of nitrogens with one attached hydrogen (secondary N) is 1. The second kappa shape index (κ2) is 5.03. The number of piperidine rings is 1. The van der Waals surface area contributed by atoms with Gasteiger partial charge < -0.3 is 15.3 Å². The molecule has 0 aromatic heterocycles. The van der Waals surface area contributed by atoms with Crippen molar-refractivity contribution < 1.29 is 5.11 Å². The lowest BCUT2D eigenvalue weighted by atomic mass is 9.88. The predicted molar refractivity (Wildman–Crippen MR) is 66.5 cm³/mol. The molecule has 3 nitrogen and oxygen atoms in total. The molecule has 0 radical (unpaired) electrons. The fourth-order valence-corrected chi connectivity index (χ4v) is 3.17. The Morgan fingerprint density at radius 2 is 1.94 bits per heavy atom. The number of hydrogen-bond donors (Lipinski definition) is 2. The molecule has 0 bridgehead atoms. The summed E-state index contributed by atoms with van der Waals surface area (Å²) >= 11 is 0. The first-order valence-corrected chi connectivity index (χ1v) is 6.73. The first-order valence-electron chi connectivity index (χ1n) is 6.73. The van der Waals surface area contributed by atoms with Gasteiger partial charge in [-0.15, -0.1) is 0 Å². The van der Waals surface area contributed by atoms with Crippen LogP contribution in [0.1, 0.15) is 39.5 Å². The summed E-state index contributed by atoms with van der Waals surface area (Å²) in [5.41, 5.74) is -0.543. The molecule has 0 aromatic rings. The van der Waals surface area contributed by atoms with Crippen molar-refractivity contribution in [3.05, 3.63) is 0 Å². The molecule has 2 aliphatic heterocycles. The number of likely N-dealkylation sites (tertiary alicyclic amines) is 1. The summed E-state index contributed by atoms with van der Waals surface area (Å²) in [6.07, 6.45) is 5.33. The summed E-state index contributed by atoms with van der Waals surface area (Å²) in [5, 5.41) is 13.4. The SMILES string of the molecule is CC(C)(O)CN1CCC(C2CCCN2)CC1. The summed E-state index contributed by atoms with van der Waals surface area (Å²) in [6, 6.07) is 0.782. The molecule has 0 amide bonds. The van der Waals surface area contributed by atoms with E-state index in [9.17, 15) is 5.11 Å². The Bertz CT molecular complexity index is 210. The highest BCUT2D eigenvalue weighted by Gasteiger charge is 2.29. The Hall–Kier alpha value is -0.120. The Balaban J connectivity index is 1.74. The third-order valence-corrected chi connectivity index (χ3v) is 3.91. The van der Waals surface area contributed by atoms with E-state index in [0.717, 1.165) is 31.6 Å². The second-order valence-electron chi connectivity index (χ2n) is 6.13. The third-order valence-electron chi connectivity index (χ3n) is 3.91. The summed E-state index contributed by atoms with van der Waals surface area (Å²) in [7, 11) is 0. The van der Waals surface area contributed by atoms with Crippen LogP contribution in [0.25, 0.3) is 0 Å². The van der Waals surface area contributed by atoms with Crippen LogP contribution in [0.5, 0.6) is 0 Å². The molecule has 0 aliphatic carbocycles. The highest BCUT2D eigenvalue weighted by atomic mass is 16.3. The molecule has 0 saturated carbocycles. The van der Waals surface area contributed by atoms with Crippen LogP contribution in [-0.4, -0.2) is 47.8 Å². The molecule has 2 heterocycles. The molecule has 2 rings (SSSR count). The average Bonchev–Trinajstić information content (AvgIpc) is 2.69. The zero-order valence-corrected chi connectivity index (χ0v) is 10.7. The van der Waals surface area contributed by atoms with E-state index in [1.54, 1.807) is 0 Å². The van der Waals surface area contributed by atoms with E-state index >= 15 is 0 Å². The Morgan fingerprint density at radius 1 is 1.25 bits per heavy atom. The van der Waals surface area contributed by atoms with Crippen molar-refractivity contribution in [2.75, 3.05) is 26.2 Å². The quantitative estimate of drug-likeness (QED) is 0.759. The number of rotatable bonds is 3. The minimum Gasteiger partial charge on any atom is -0.389 e. The second-order valence-corrected chi connectivity index (χ2v) is 6.13. The van der Waals surface area contributed by atoms with Gasteiger partial charge in [0, 0.05) is 12.6 Å². The summed E-state index contributed by atoms with van der Waals surface area (Å²) in [6.45, 7) is 8.15. The van der Waals surface area contributed by atoms with Gasteiger partial charge in [0.05, 0.1) is 5.60 Å². The van der Waals surface area contributed by atoms with Gasteiger partial charge in [-0.2, -0.15) is 0 Å². The molecule has 2 aliphatic rings. The lowest BCUT2D eigenvalue weighted by molar-refractivity contribution is 0.0224. The van der Waals surface area contributed by atoms with E-state index in [4.69, 9.17) is 0 Å². The normalized spacial score (nSPS) is 29.8. The smallest absolute Gasteiger partial charge is 0.0718 e. The molecule has 0 spiro atoms. The topological polar surface area (TPSA) is 35.5 Å². The first kappa shape index (κ1) is 12.3. The van der Waals surface area contributed by atoms with Crippen LogP contribution in [0.2, 0.25) is 0 Å². The largest absolute Gasteiger partial charge is 0.389 e. The van der Waals surface area contributed by atoms with E-state index in [0.29, 0.717) is 0 Å². The van der Waals surface area contributed by atoms with Crippen LogP contribution in [0.4, 0.5) is 0 Å². The fourth-order valence-electron chi connectivity index (χ4n) is 3.17. The number of hydrogen-bond acceptors (Lipinski definition) is 3. The number of β-amino-alcohol motifs (C(OH)–C–C–N with tert-alkyl or cyclic N) is 1.